The zero-order valence-corrected chi connectivity index (χ0v) is 14.1. The largest absolute Gasteiger partial charge is 0.351 e. The van der Waals surface area contributed by atoms with E-state index in [1.54, 1.807) is 11.0 Å². The molecule has 22 heavy (non-hydrogen) atoms. The third kappa shape index (κ3) is 4.68. The summed E-state index contributed by atoms with van der Waals surface area (Å²) >= 11 is 0. The van der Waals surface area contributed by atoms with Gasteiger partial charge in [0.25, 0.3) is 5.91 Å². The van der Waals surface area contributed by atoms with Gasteiger partial charge in [-0.05, 0) is 32.3 Å². The lowest BCUT2D eigenvalue weighted by molar-refractivity contribution is 0.0787. The smallest absolute Gasteiger partial charge is 0.272 e. The van der Waals surface area contributed by atoms with E-state index in [0.717, 1.165) is 37.9 Å². The quantitative estimate of drug-likeness (QED) is 0.875. The normalized spacial score (nSPS) is 15.6. The molecular weight excluding hydrogens is 276 g/mol. The van der Waals surface area contributed by atoms with Crippen molar-refractivity contribution >= 4 is 11.9 Å². The number of rotatable bonds is 6. The highest BCUT2D eigenvalue weighted by Crippen LogP contribution is 2.20. The Kier molecular flexibility index (Phi) is 6.16. The molecule has 0 atom stereocenters. The molecule has 1 fully saturated rings. The van der Waals surface area contributed by atoms with E-state index in [1.165, 1.54) is 19.3 Å². The minimum atomic E-state index is -0.0226. The summed E-state index contributed by atoms with van der Waals surface area (Å²) in [6.45, 7) is 4.81. The number of carbonyl (C=O) groups excluding carboxylic acids is 1. The maximum absolute atomic E-state index is 12.5. The van der Waals surface area contributed by atoms with E-state index in [2.05, 4.69) is 22.2 Å². The van der Waals surface area contributed by atoms with Gasteiger partial charge in [-0.1, -0.05) is 32.6 Å². The zero-order valence-electron chi connectivity index (χ0n) is 14.1. The summed E-state index contributed by atoms with van der Waals surface area (Å²) in [6.07, 6.45) is 8.26. The maximum Gasteiger partial charge on any atom is 0.272 e. The number of hydrogen-bond donors (Lipinski definition) is 1. The van der Waals surface area contributed by atoms with Crippen molar-refractivity contribution in [2.75, 3.05) is 18.9 Å². The molecule has 5 nitrogen and oxygen atoms in total. The molecule has 0 radical (unpaired) electrons. The third-order valence-electron chi connectivity index (χ3n) is 4.21. The second-order valence-corrected chi connectivity index (χ2v) is 6.28. The number of hydrogen-bond acceptors (Lipinski definition) is 4. The summed E-state index contributed by atoms with van der Waals surface area (Å²) in [7, 11) is 1.84. The first-order valence-electron chi connectivity index (χ1n) is 8.48. The van der Waals surface area contributed by atoms with Crippen LogP contribution in [0.3, 0.4) is 0 Å². The van der Waals surface area contributed by atoms with Gasteiger partial charge in [0.05, 0.1) is 0 Å². The predicted molar refractivity (Wildman–Crippen MR) is 89.1 cm³/mol. The van der Waals surface area contributed by atoms with Gasteiger partial charge in [0.15, 0.2) is 0 Å². The lowest BCUT2D eigenvalue weighted by Crippen LogP contribution is -2.29. The van der Waals surface area contributed by atoms with Crippen LogP contribution in [0.1, 0.15) is 68.1 Å². The molecule has 0 aromatic carbocycles. The molecule has 0 unspecified atom stereocenters. The van der Waals surface area contributed by atoms with Crippen LogP contribution in [-0.2, 0) is 0 Å². The van der Waals surface area contributed by atoms with Crippen molar-refractivity contribution in [2.45, 2.75) is 64.8 Å². The molecule has 1 aliphatic carbocycles. The minimum Gasteiger partial charge on any atom is -0.351 e. The van der Waals surface area contributed by atoms with E-state index in [1.807, 2.05) is 14.0 Å². The van der Waals surface area contributed by atoms with Gasteiger partial charge < -0.3 is 10.2 Å². The topological polar surface area (TPSA) is 58.1 Å². The molecule has 1 aliphatic rings. The number of aryl methyl sites for hydroxylation is 1. The molecule has 0 saturated heterocycles. The summed E-state index contributed by atoms with van der Waals surface area (Å²) < 4.78 is 0. The van der Waals surface area contributed by atoms with Crippen LogP contribution in [0.4, 0.5) is 5.95 Å². The molecule has 122 valence electrons. The molecule has 1 aromatic heterocycles. The molecule has 0 bridgehead atoms. The summed E-state index contributed by atoms with van der Waals surface area (Å²) in [5.74, 6) is 0.574. The van der Waals surface area contributed by atoms with Crippen LogP contribution in [0.5, 0.6) is 0 Å². The number of nitrogens with one attached hydrogen (secondary N) is 1. The van der Waals surface area contributed by atoms with Crippen molar-refractivity contribution in [3.05, 3.63) is 17.5 Å². The Hall–Kier alpha value is -1.65. The fraction of sp³-hybridized carbons (Fsp3) is 0.706. The average Bonchev–Trinajstić information content (AvgIpc) is 2.52. The van der Waals surface area contributed by atoms with E-state index in [-0.39, 0.29) is 5.91 Å². The number of carbonyl (C=O) groups is 1. The SMILES string of the molecule is CCCCN(C)C(=O)c1cc(C)nc(NC2CCCCC2)n1. The minimum absolute atomic E-state index is 0.0226. The molecule has 0 aliphatic heterocycles. The highest BCUT2D eigenvalue weighted by molar-refractivity contribution is 5.92. The number of aromatic nitrogens is 2. The van der Waals surface area contributed by atoms with Crippen LogP contribution >= 0.6 is 0 Å². The Morgan fingerprint density at radius 3 is 2.73 bits per heavy atom. The van der Waals surface area contributed by atoms with E-state index in [0.29, 0.717) is 17.7 Å². The number of amides is 1. The van der Waals surface area contributed by atoms with Gasteiger partial charge in [0, 0.05) is 25.3 Å². The maximum atomic E-state index is 12.5. The standard InChI is InChI=1S/C17H28N4O/c1-4-5-11-21(3)16(22)15-12-13(2)18-17(20-15)19-14-9-7-6-8-10-14/h12,14H,4-11H2,1-3H3,(H,18,19,20). The van der Waals surface area contributed by atoms with Gasteiger partial charge in [-0.3, -0.25) is 4.79 Å². The molecule has 1 amide bonds. The van der Waals surface area contributed by atoms with Gasteiger partial charge in [0.2, 0.25) is 5.95 Å². The molecule has 1 aromatic rings. The monoisotopic (exact) mass is 304 g/mol. The number of nitrogens with zero attached hydrogens (tertiary/aromatic N) is 3. The van der Waals surface area contributed by atoms with Crippen LogP contribution < -0.4 is 5.32 Å². The average molecular weight is 304 g/mol. The van der Waals surface area contributed by atoms with E-state index >= 15 is 0 Å². The number of unbranched alkanes of at least 4 members (excludes halogenated alkanes) is 1. The van der Waals surface area contributed by atoms with Crippen LogP contribution in [-0.4, -0.2) is 40.4 Å². The molecular formula is C17H28N4O. The third-order valence-corrected chi connectivity index (χ3v) is 4.21. The van der Waals surface area contributed by atoms with Crippen molar-refractivity contribution in [3.8, 4) is 0 Å². The van der Waals surface area contributed by atoms with Gasteiger partial charge in [-0.15, -0.1) is 0 Å². The lowest BCUT2D eigenvalue weighted by Gasteiger charge is -2.23. The van der Waals surface area contributed by atoms with Crippen LogP contribution in [0, 0.1) is 6.92 Å². The van der Waals surface area contributed by atoms with Crippen molar-refractivity contribution in [1.82, 2.24) is 14.9 Å². The highest BCUT2D eigenvalue weighted by atomic mass is 16.2. The first kappa shape index (κ1) is 16.7. The summed E-state index contributed by atoms with van der Waals surface area (Å²) in [6, 6.07) is 2.22. The highest BCUT2D eigenvalue weighted by Gasteiger charge is 2.18. The van der Waals surface area contributed by atoms with Gasteiger partial charge >= 0.3 is 0 Å². The molecule has 1 N–H and O–H groups in total. The molecule has 5 heteroatoms. The lowest BCUT2D eigenvalue weighted by atomic mass is 9.96. The Morgan fingerprint density at radius 2 is 2.05 bits per heavy atom. The van der Waals surface area contributed by atoms with E-state index in [4.69, 9.17) is 0 Å². The molecule has 1 saturated carbocycles. The second kappa shape index (κ2) is 8.11. The Labute approximate surface area is 133 Å². The van der Waals surface area contributed by atoms with Crippen molar-refractivity contribution in [3.63, 3.8) is 0 Å². The summed E-state index contributed by atoms with van der Waals surface area (Å²) in [5, 5.41) is 3.41. The van der Waals surface area contributed by atoms with Crippen molar-refractivity contribution in [2.24, 2.45) is 0 Å². The van der Waals surface area contributed by atoms with Gasteiger partial charge in [-0.2, -0.15) is 0 Å². The van der Waals surface area contributed by atoms with Crippen LogP contribution in [0.15, 0.2) is 6.07 Å². The number of anilines is 1. The molecule has 2 rings (SSSR count). The fourth-order valence-corrected chi connectivity index (χ4v) is 2.86. The first-order valence-corrected chi connectivity index (χ1v) is 8.48. The van der Waals surface area contributed by atoms with E-state index < -0.39 is 0 Å². The Bertz CT molecular complexity index is 497. The predicted octanol–water partition coefficient (Wildman–Crippen LogP) is 3.40. The van der Waals surface area contributed by atoms with Crippen LogP contribution in [0.2, 0.25) is 0 Å². The van der Waals surface area contributed by atoms with Gasteiger partial charge in [-0.25, -0.2) is 9.97 Å². The Morgan fingerprint density at radius 1 is 1.32 bits per heavy atom. The molecule has 1 heterocycles. The van der Waals surface area contributed by atoms with Crippen LogP contribution in [0.25, 0.3) is 0 Å². The summed E-state index contributed by atoms with van der Waals surface area (Å²) in [4.78, 5) is 23.1. The van der Waals surface area contributed by atoms with Crippen molar-refractivity contribution < 1.29 is 4.79 Å². The second-order valence-electron chi connectivity index (χ2n) is 6.28. The van der Waals surface area contributed by atoms with E-state index in [9.17, 15) is 4.79 Å². The zero-order chi connectivity index (χ0) is 15.9. The summed E-state index contributed by atoms with van der Waals surface area (Å²) in [5.41, 5.74) is 1.32. The Balaban J connectivity index is 2.06. The molecule has 0 spiro atoms. The fourth-order valence-electron chi connectivity index (χ4n) is 2.86. The first-order chi connectivity index (χ1) is 10.6. The van der Waals surface area contributed by atoms with Crippen molar-refractivity contribution in [1.29, 1.82) is 0 Å². The van der Waals surface area contributed by atoms with Gasteiger partial charge in [0.1, 0.15) is 5.69 Å².